The van der Waals surface area contributed by atoms with E-state index >= 15 is 0 Å². The Morgan fingerprint density at radius 1 is 1.14 bits per heavy atom. The highest BCUT2D eigenvalue weighted by Gasteiger charge is 2.22. The molecule has 2 N–H and O–H groups in total. The zero-order valence-electron chi connectivity index (χ0n) is 8.03. The fourth-order valence-electron chi connectivity index (χ4n) is 1.60. The van der Waals surface area contributed by atoms with Crippen molar-refractivity contribution in [3.63, 3.8) is 0 Å². The van der Waals surface area contributed by atoms with Crippen molar-refractivity contribution in [2.75, 3.05) is 6.79 Å². The minimum absolute atomic E-state index is 0.0276. The van der Waals surface area contributed by atoms with Crippen LogP contribution in [0.2, 0.25) is 0 Å². The molecule has 0 aromatic carbocycles. The molecule has 0 aromatic rings. The minimum atomic E-state index is -0.929. The molecule has 80 valence electrons. The molecule has 0 bridgehead atoms. The van der Waals surface area contributed by atoms with E-state index < -0.39 is 6.09 Å². The molecule has 0 unspecified atom stereocenters. The average molecular weight is 201 g/mol. The maximum Gasteiger partial charge on any atom is 0.407 e. The number of carbonyl (C=O) groups excluding carboxylic acids is 2. The quantitative estimate of drug-likeness (QED) is 0.549. The van der Waals surface area contributed by atoms with Gasteiger partial charge in [0, 0.05) is 0 Å². The molecule has 1 fully saturated rings. The van der Waals surface area contributed by atoms with E-state index in [9.17, 15) is 9.59 Å². The van der Waals surface area contributed by atoms with Gasteiger partial charge in [-0.2, -0.15) is 0 Å². The summed E-state index contributed by atoms with van der Waals surface area (Å²) in [6.07, 6.45) is 4.13. The second-order valence-corrected chi connectivity index (χ2v) is 3.38. The van der Waals surface area contributed by atoms with Gasteiger partial charge in [0.05, 0.1) is 5.92 Å². The molecule has 5 nitrogen and oxygen atoms in total. The van der Waals surface area contributed by atoms with Crippen LogP contribution in [0.3, 0.4) is 0 Å². The largest absolute Gasteiger partial charge is 0.428 e. The normalized spacial score (nSPS) is 17.4. The molecule has 0 spiro atoms. The lowest BCUT2D eigenvalue weighted by molar-refractivity contribution is -0.157. The molecule has 1 aliphatic rings. The van der Waals surface area contributed by atoms with Gasteiger partial charge in [0.15, 0.2) is 0 Å². The molecule has 14 heavy (non-hydrogen) atoms. The lowest BCUT2D eigenvalue weighted by Gasteiger charge is -2.19. The van der Waals surface area contributed by atoms with E-state index in [0.717, 1.165) is 25.7 Å². The minimum Gasteiger partial charge on any atom is -0.428 e. The van der Waals surface area contributed by atoms with Crippen LogP contribution in [0.4, 0.5) is 4.79 Å². The van der Waals surface area contributed by atoms with Crippen molar-refractivity contribution in [3.05, 3.63) is 0 Å². The van der Waals surface area contributed by atoms with E-state index in [0.29, 0.717) is 0 Å². The maximum atomic E-state index is 11.3. The van der Waals surface area contributed by atoms with Crippen LogP contribution < -0.4 is 5.73 Å². The van der Waals surface area contributed by atoms with Gasteiger partial charge in [0.1, 0.15) is 0 Å². The molecule has 1 saturated carbocycles. The average Bonchev–Trinajstić information content (AvgIpc) is 2.18. The van der Waals surface area contributed by atoms with Crippen LogP contribution in [0.5, 0.6) is 0 Å². The van der Waals surface area contributed by atoms with Crippen LogP contribution in [0.25, 0.3) is 0 Å². The summed E-state index contributed by atoms with van der Waals surface area (Å²) in [6.45, 7) is -0.370. The number of nitrogens with two attached hydrogens (primary N) is 1. The molecule has 0 saturated heterocycles. The van der Waals surface area contributed by atoms with Crippen LogP contribution in [0.15, 0.2) is 0 Å². The molecular formula is C9H15NO4. The Kier molecular flexibility index (Phi) is 4.22. The molecule has 1 amide bonds. The Morgan fingerprint density at radius 2 is 1.79 bits per heavy atom. The highest BCUT2D eigenvalue weighted by atomic mass is 16.7. The van der Waals surface area contributed by atoms with Gasteiger partial charge < -0.3 is 15.2 Å². The Bertz CT molecular complexity index is 211. The summed E-state index contributed by atoms with van der Waals surface area (Å²) in [5, 5.41) is 0. The van der Waals surface area contributed by atoms with Gasteiger partial charge in [0.2, 0.25) is 6.79 Å². The number of esters is 1. The van der Waals surface area contributed by atoms with E-state index in [1.54, 1.807) is 0 Å². The van der Waals surface area contributed by atoms with Crippen LogP contribution >= 0.6 is 0 Å². The number of ether oxygens (including phenoxy) is 2. The van der Waals surface area contributed by atoms with Crippen molar-refractivity contribution in [1.82, 2.24) is 0 Å². The lowest BCUT2D eigenvalue weighted by Crippen LogP contribution is -2.23. The number of primary amides is 1. The Hall–Kier alpha value is -1.26. The highest BCUT2D eigenvalue weighted by Crippen LogP contribution is 2.24. The first-order valence-electron chi connectivity index (χ1n) is 4.79. The fourth-order valence-corrected chi connectivity index (χ4v) is 1.60. The van der Waals surface area contributed by atoms with Crippen molar-refractivity contribution in [1.29, 1.82) is 0 Å². The van der Waals surface area contributed by atoms with Crippen molar-refractivity contribution < 1.29 is 19.1 Å². The van der Waals surface area contributed by atoms with Crippen LogP contribution in [-0.4, -0.2) is 18.9 Å². The van der Waals surface area contributed by atoms with Gasteiger partial charge in [-0.25, -0.2) is 4.79 Å². The first-order valence-corrected chi connectivity index (χ1v) is 4.79. The van der Waals surface area contributed by atoms with E-state index in [2.05, 4.69) is 4.74 Å². The number of carbonyl (C=O) groups is 2. The maximum absolute atomic E-state index is 11.3. The third kappa shape index (κ3) is 3.64. The van der Waals surface area contributed by atoms with E-state index in [1.165, 1.54) is 6.42 Å². The highest BCUT2D eigenvalue weighted by molar-refractivity contribution is 5.72. The number of rotatable bonds is 3. The second kappa shape index (κ2) is 5.47. The molecule has 1 aliphatic carbocycles. The van der Waals surface area contributed by atoms with E-state index in [-0.39, 0.29) is 18.7 Å². The number of hydrogen-bond acceptors (Lipinski definition) is 4. The van der Waals surface area contributed by atoms with Gasteiger partial charge in [-0.05, 0) is 12.8 Å². The molecule has 0 heterocycles. The van der Waals surface area contributed by atoms with Crippen LogP contribution in [-0.2, 0) is 14.3 Å². The first kappa shape index (κ1) is 10.8. The molecule has 0 aliphatic heterocycles. The van der Waals surface area contributed by atoms with Gasteiger partial charge in [-0.15, -0.1) is 0 Å². The Morgan fingerprint density at radius 3 is 2.36 bits per heavy atom. The van der Waals surface area contributed by atoms with Gasteiger partial charge in [-0.3, -0.25) is 4.79 Å². The summed E-state index contributed by atoms with van der Waals surface area (Å²) in [7, 11) is 0. The summed E-state index contributed by atoms with van der Waals surface area (Å²) in [5.41, 5.74) is 4.70. The molecule has 0 aromatic heterocycles. The van der Waals surface area contributed by atoms with Crippen LogP contribution in [0, 0.1) is 5.92 Å². The Balaban J connectivity index is 2.16. The fraction of sp³-hybridized carbons (Fsp3) is 0.778. The Labute approximate surface area is 82.5 Å². The number of hydrogen-bond donors (Lipinski definition) is 1. The smallest absolute Gasteiger partial charge is 0.407 e. The van der Waals surface area contributed by atoms with Crippen molar-refractivity contribution >= 4 is 12.1 Å². The van der Waals surface area contributed by atoms with E-state index in [4.69, 9.17) is 10.5 Å². The zero-order chi connectivity index (χ0) is 10.4. The van der Waals surface area contributed by atoms with Gasteiger partial charge >= 0.3 is 12.1 Å². The van der Waals surface area contributed by atoms with Gasteiger partial charge in [0.25, 0.3) is 0 Å². The third-order valence-electron chi connectivity index (χ3n) is 2.34. The van der Waals surface area contributed by atoms with Crippen molar-refractivity contribution in [2.45, 2.75) is 32.1 Å². The summed E-state index contributed by atoms with van der Waals surface area (Å²) < 4.78 is 9.03. The molecule has 5 heteroatoms. The molecular weight excluding hydrogens is 186 g/mol. The summed E-state index contributed by atoms with van der Waals surface area (Å²) >= 11 is 0. The monoisotopic (exact) mass is 201 g/mol. The van der Waals surface area contributed by atoms with Crippen molar-refractivity contribution in [3.8, 4) is 0 Å². The van der Waals surface area contributed by atoms with Crippen LogP contribution in [0.1, 0.15) is 32.1 Å². The number of amides is 1. The first-order chi connectivity index (χ1) is 6.70. The van der Waals surface area contributed by atoms with Crippen molar-refractivity contribution in [2.24, 2.45) is 11.7 Å². The molecule has 0 atom stereocenters. The summed E-state index contributed by atoms with van der Waals surface area (Å²) in [5.74, 6) is -0.314. The second-order valence-electron chi connectivity index (χ2n) is 3.38. The van der Waals surface area contributed by atoms with E-state index in [1.807, 2.05) is 0 Å². The standard InChI is InChI=1S/C9H15NO4/c10-9(12)14-6-13-8(11)7-4-2-1-3-5-7/h7H,1-6H2,(H2,10,12). The zero-order valence-corrected chi connectivity index (χ0v) is 8.03. The predicted molar refractivity (Wildman–Crippen MR) is 48.2 cm³/mol. The molecule has 0 radical (unpaired) electrons. The third-order valence-corrected chi connectivity index (χ3v) is 2.34. The lowest BCUT2D eigenvalue weighted by atomic mass is 9.89. The van der Waals surface area contributed by atoms with Gasteiger partial charge in [-0.1, -0.05) is 19.3 Å². The molecule has 1 rings (SSSR count). The SMILES string of the molecule is NC(=O)OCOC(=O)C1CCCCC1. The summed E-state index contributed by atoms with van der Waals surface area (Å²) in [6, 6.07) is 0. The predicted octanol–water partition coefficient (Wildman–Crippen LogP) is 1.16. The summed E-state index contributed by atoms with van der Waals surface area (Å²) in [4.78, 5) is 21.5. The topological polar surface area (TPSA) is 78.6 Å².